The van der Waals surface area contributed by atoms with Crippen molar-refractivity contribution in [3.8, 4) is 34.4 Å². The molecule has 1 atom stereocenters. The number of hydrogen-bond acceptors (Lipinski definition) is 13. The van der Waals surface area contributed by atoms with E-state index in [4.69, 9.17) is 18.9 Å². The number of esters is 3. The number of nitrogens with one attached hydrogen (secondary N) is 1. The van der Waals surface area contributed by atoms with E-state index in [0.29, 0.717) is 33.8 Å². The summed E-state index contributed by atoms with van der Waals surface area (Å²) in [5.74, 6) is -3.29. The summed E-state index contributed by atoms with van der Waals surface area (Å²) >= 11 is 3.23. The van der Waals surface area contributed by atoms with Crippen LogP contribution in [-0.4, -0.2) is 67.2 Å². The first-order valence-electron chi connectivity index (χ1n) is 16.6. The summed E-state index contributed by atoms with van der Waals surface area (Å²) in [6.07, 6.45) is 2.05. The largest absolute Gasteiger partial charge is 0.506 e. The van der Waals surface area contributed by atoms with Crippen LogP contribution < -0.4 is 14.2 Å². The summed E-state index contributed by atoms with van der Waals surface area (Å²) in [5, 5.41) is 36.9. The van der Waals surface area contributed by atoms with E-state index in [1.165, 1.54) is 21.0 Å². The summed E-state index contributed by atoms with van der Waals surface area (Å²) in [6.45, 7) is 17.1. The van der Waals surface area contributed by atoms with E-state index in [2.05, 4.69) is 36.6 Å². The number of aromatic hydroxyl groups is 1. The van der Waals surface area contributed by atoms with Gasteiger partial charge in [-0.2, -0.15) is 5.21 Å². The molecule has 3 aromatic carbocycles. The van der Waals surface area contributed by atoms with Crippen molar-refractivity contribution in [2.75, 3.05) is 7.11 Å². The number of rotatable bonds is 8. The van der Waals surface area contributed by atoms with E-state index < -0.39 is 35.0 Å². The molecular weight excluding hydrogens is 764 g/mol. The number of allylic oxidation sites excluding steroid dienone is 2. The fourth-order valence-corrected chi connectivity index (χ4v) is 7.08. The van der Waals surface area contributed by atoms with Crippen molar-refractivity contribution >= 4 is 39.6 Å². The maximum absolute atomic E-state index is 13.8. The average Bonchev–Trinajstić information content (AvgIpc) is 3.65. The maximum atomic E-state index is 13.8. The Morgan fingerprint density at radius 1 is 0.759 bits per heavy atom. The van der Waals surface area contributed by atoms with E-state index in [9.17, 15) is 29.4 Å². The van der Waals surface area contributed by atoms with Crippen molar-refractivity contribution in [2.45, 2.75) is 74.8 Å². The lowest BCUT2D eigenvalue weighted by Crippen LogP contribution is -2.47. The van der Waals surface area contributed by atoms with Crippen molar-refractivity contribution in [2.24, 2.45) is 0 Å². The van der Waals surface area contributed by atoms with Gasteiger partial charge in [-0.05, 0) is 158 Å². The highest BCUT2D eigenvalue weighted by atomic mass is 79.9. The molecule has 1 aliphatic carbocycles. The van der Waals surface area contributed by atoms with E-state index >= 15 is 0 Å². The predicted octanol–water partition coefficient (Wildman–Crippen LogP) is 6.24. The molecule has 1 aromatic heterocycles. The molecule has 0 bridgehead atoms. The van der Waals surface area contributed by atoms with Crippen LogP contribution in [0.1, 0.15) is 77.7 Å². The molecule has 15 heteroatoms. The molecule has 282 valence electrons. The Kier molecular flexibility index (Phi) is 10.7. The Bertz CT molecular complexity index is 2300. The van der Waals surface area contributed by atoms with Crippen LogP contribution in [0.4, 0.5) is 0 Å². The first-order chi connectivity index (χ1) is 25.3. The molecule has 0 unspecified atom stereocenters. The van der Waals surface area contributed by atoms with Crippen LogP contribution in [0.25, 0.3) is 11.4 Å². The second-order valence-electron chi connectivity index (χ2n) is 13.2. The highest BCUT2D eigenvalue weighted by molar-refractivity contribution is 9.10. The van der Waals surface area contributed by atoms with Crippen molar-refractivity contribution in [3.63, 3.8) is 0 Å². The van der Waals surface area contributed by atoms with Gasteiger partial charge in [0.1, 0.15) is 33.0 Å². The number of carbonyl (C=O) groups is 4. The minimum absolute atomic E-state index is 0.0296. The fourth-order valence-electron chi connectivity index (χ4n) is 6.50. The minimum atomic E-state index is -2.42. The number of H-pyrrole nitrogens is 1. The summed E-state index contributed by atoms with van der Waals surface area (Å²) < 4.78 is 22.4. The molecule has 5 rings (SSSR count). The predicted molar refractivity (Wildman–Crippen MR) is 199 cm³/mol. The standard InChI is InChI=1S/C39H39BrN4O10/c1-15-12-26(17(3)18(4)28(15)36(47)53-33-22(8)19(5)29(20(6)23(33)9)35-41-43-44-42-35)52-37(48)30-21(7)24(10)34(31(40)32(30)46)54-38(49)39(50)16(2)13-25(45)14-27(39)51-11/h12-14,46,50H,1-11H3,(H,41,42,43,44)/t39-/m1/s1. The lowest BCUT2D eigenvalue weighted by molar-refractivity contribution is -0.151. The fraction of sp³-hybridized carbons (Fsp3) is 0.308. The molecule has 14 nitrogen and oxygen atoms in total. The first kappa shape index (κ1) is 39.5. The first-order valence-corrected chi connectivity index (χ1v) is 17.4. The zero-order chi connectivity index (χ0) is 40.1. The number of aromatic nitrogens is 4. The SMILES string of the molecule is COC1=CC(=O)C=C(C)[C@]1(O)C(=O)Oc1c(C)c(C)c(C(=O)Oc2cc(C)c(C(=O)Oc3c(C)c(C)c(-c4nn[nH]n4)c(C)c3C)c(C)c2C)c(O)c1Br. The molecule has 0 saturated heterocycles. The number of phenolic OH excluding ortho intramolecular Hbond substituents is 1. The Hall–Kier alpha value is -5.67. The van der Waals surface area contributed by atoms with Gasteiger partial charge in [0.05, 0.1) is 12.7 Å². The zero-order valence-electron chi connectivity index (χ0n) is 31.6. The number of tetrazole rings is 1. The molecule has 0 saturated carbocycles. The quantitative estimate of drug-likeness (QED) is 0.134. The minimum Gasteiger partial charge on any atom is -0.506 e. The van der Waals surface area contributed by atoms with Crippen LogP contribution in [0.5, 0.6) is 23.0 Å². The lowest BCUT2D eigenvalue weighted by atomic mass is 9.87. The van der Waals surface area contributed by atoms with Gasteiger partial charge >= 0.3 is 17.9 Å². The topological polar surface area (TPSA) is 200 Å². The van der Waals surface area contributed by atoms with E-state index in [-0.39, 0.29) is 44.0 Å². The highest BCUT2D eigenvalue weighted by Crippen LogP contribution is 2.44. The van der Waals surface area contributed by atoms with Gasteiger partial charge in [-0.3, -0.25) is 4.79 Å². The number of aliphatic hydroxyl groups is 1. The van der Waals surface area contributed by atoms with Gasteiger partial charge in [-0.15, -0.1) is 10.2 Å². The van der Waals surface area contributed by atoms with Crippen molar-refractivity contribution in [3.05, 3.63) is 95.2 Å². The zero-order valence-corrected chi connectivity index (χ0v) is 33.2. The average molecular weight is 804 g/mol. The monoisotopic (exact) mass is 802 g/mol. The number of benzene rings is 3. The highest BCUT2D eigenvalue weighted by Gasteiger charge is 2.48. The number of carbonyl (C=O) groups excluding carboxylic acids is 4. The summed E-state index contributed by atoms with van der Waals surface area (Å²) in [6, 6.07) is 1.54. The Morgan fingerprint density at radius 3 is 1.91 bits per heavy atom. The third-order valence-corrected chi connectivity index (χ3v) is 10.9. The Balaban J connectivity index is 1.43. The Morgan fingerprint density at radius 2 is 1.33 bits per heavy atom. The second-order valence-corrected chi connectivity index (χ2v) is 14.0. The van der Waals surface area contributed by atoms with Gasteiger partial charge in [-0.25, -0.2) is 14.4 Å². The number of aryl methyl sites for hydroxylation is 1. The number of methoxy groups -OCH3 is 1. The van der Waals surface area contributed by atoms with Crippen LogP contribution >= 0.6 is 15.9 Å². The molecule has 0 spiro atoms. The number of ketones is 1. The molecule has 1 heterocycles. The number of aromatic amines is 1. The van der Waals surface area contributed by atoms with Crippen molar-refractivity contribution < 1.29 is 48.3 Å². The molecule has 3 N–H and O–H groups in total. The van der Waals surface area contributed by atoms with Gasteiger partial charge in [-0.1, -0.05) is 0 Å². The van der Waals surface area contributed by atoms with Crippen molar-refractivity contribution in [1.29, 1.82) is 0 Å². The van der Waals surface area contributed by atoms with Gasteiger partial charge in [0.15, 0.2) is 11.5 Å². The summed E-state index contributed by atoms with van der Waals surface area (Å²) in [5.41, 5.74) is 3.57. The molecule has 0 amide bonds. The van der Waals surface area contributed by atoms with Gasteiger partial charge in [0.2, 0.25) is 11.4 Å². The van der Waals surface area contributed by atoms with Gasteiger partial charge in [0.25, 0.3) is 0 Å². The van der Waals surface area contributed by atoms with E-state index in [1.807, 2.05) is 27.7 Å². The van der Waals surface area contributed by atoms with Gasteiger partial charge in [0, 0.05) is 11.6 Å². The molecular formula is C39H39BrN4O10. The molecule has 4 aromatic rings. The third kappa shape index (κ3) is 6.47. The normalized spacial score (nSPS) is 15.4. The van der Waals surface area contributed by atoms with Crippen molar-refractivity contribution in [1.82, 2.24) is 20.6 Å². The van der Waals surface area contributed by atoms with Crippen LogP contribution in [-0.2, 0) is 14.3 Å². The van der Waals surface area contributed by atoms with Gasteiger partial charge < -0.3 is 29.2 Å². The van der Waals surface area contributed by atoms with E-state index in [1.54, 1.807) is 33.8 Å². The molecule has 0 aliphatic heterocycles. The van der Waals surface area contributed by atoms with Crippen LogP contribution in [0.15, 0.2) is 34.0 Å². The number of halogens is 1. The molecule has 1 aliphatic rings. The molecule has 0 fully saturated rings. The van der Waals surface area contributed by atoms with Crippen LogP contribution in [0, 0.1) is 62.3 Å². The molecule has 54 heavy (non-hydrogen) atoms. The second kappa shape index (κ2) is 14.6. The Labute approximate surface area is 319 Å². The summed E-state index contributed by atoms with van der Waals surface area (Å²) in [4.78, 5) is 52.9. The maximum Gasteiger partial charge on any atom is 0.356 e. The van der Waals surface area contributed by atoms with Crippen LogP contribution in [0.3, 0.4) is 0 Å². The summed E-state index contributed by atoms with van der Waals surface area (Å²) in [7, 11) is 1.20. The number of hydrogen-bond donors (Lipinski definition) is 3. The number of nitrogens with zero attached hydrogens (tertiary/aromatic N) is 3. The molecule has 0 radical (unpaired) electrons. The third-order valence-electron chi connectivity index (χ3n) is 10.2. The smallest absolute Gasteiger partial charge is 0.356 e. The number of phenols is 1. The number of ether oxygens (including phenoxy) is 4. The van der Waals surface area contributed by atoms with Crippen LogP contribution in [0.2, 0.25) is 0 Å². The lowest BCUT2D eigenvalue weighted by Gasteiger charge is -2.30. The van der Waals surface area contributed by atoms with E-state index in [0.717, 1.165) is 40.0 Å².